The normalized spacial score (nSPS) is 15.5. The summed E-state index contributed by atoms with van der Waals surface area (Å²) in [7, 11) is 1.35. The maximum Gasteiger partial charge on any atom is 0.337 e. The Kier molecular flexibility index (Phi) is 5.17. The Morgan fingerprint density at radius 1 is 0.897 bits per heavy atom. The van der Waals surface area contributed by atoms with E-state index in [2.05, 4.69) is 43.3 Å². The third-order valence-corrected chi connectivity index (χ3v) is 5.49. The molecule has 1 aliphatic heterocycles. The zero-order valence-electron chi connectivity index (χ0n) is 16.6. The molecule has 0 aliphatic carbocycles. The third kappa shape index (κ3) is 3.66. The van der Waals surface area contributed by atoms with Crippen LogP contribution in [0.4, 0.5) is 0 Å². The molecule has 0 saturated heterocycles. The van der Waals surface area contributed by atoms with Crippen LogP contribution in [0.25, 0.3) is 0 Å². The van der Waals surface area contributed by atoms with Crippen molar-refractivity contribution in [3.63, 3.8) is 0 Å². The molecule has 4 heteroatoms. The number of ether oxygens (including phenoxy) is 1. The fourth-order valence-corrected chi connectivity index (χ4v) is 3.93. The van der Waals surface area contributed by atoms with Crippen molar-refractivity contribution in [2.45, 2.75) is 19.4 Å². The Bertz CT molecular complexity index is 1040. The second-order valence-corrected chi connectivity index (χ2v) is 7.33. The van der Waals surface area contributed by atoms with Crippen molar-refractivity contribution in [3.05, 3.63) is 106 Å². The summed E-state index contributed by atoms with van der Waals surface area (Å²) in [6.07, 6.45) is 0.824. The van der Waals surface area contributed by atoms with E-state index < -0.39 is 5.97 Å². The number of rotatable bonds is 3. The van der Waals surface area contributed by atoms with Gasteiger partial charge in [-0.15, -0.1) is 0 Å². The molecule has 3 aromatic rings. The van der Waals surface area contributed by atoms with Crippen LogP contribution in [0.3, 0.4) is 0 Å². The van der Waals surface area contributed by atoms with Crippen LogP contribution in [0, 0.1) is 6.92 Å². The first-order valence-electron chi connectivity index (χ1n) is 9.72. The van der Waals surface area contributed by atoms with Crippen molar-refractivity contribution in [3.8, 4) is 0 Å². The predicted octanol–water partition coefficient (Wildman–Crippen LogP) is 4.57. The monoisotopic (exact) mass is 385 g/mol. The van der Waals surface area contributed by atoms with Gasteiger partial charge >= 0.3 is 5.97 Å². The summed E-state index contributed by atoms with van der Waals surface area (Å²) >= 11 is 0. The van der Waals surface area contributed by atoms with Gasteiger partial charge in [0.1, 0.15) is 0 Å². The molecule has 4 nitrogen and oxygen atoms in total. The molecule has 0 fully saturated rings. The Morgan fingerprint density at radius 3 is 2.24 bits per heavy atom. The Hall–Kier alpha value is -3.40. The van der Waals surface area contributed by atoms with E-state index in [1.54, 1.807) is 24.3 Å². The van der Waals surface area contributed by atoms with Crippen LogP contribution >= 0.6 is 0 Å². The molecule has 1 aliphatic rings. The van der Waals surface area contributed by atoms with Crippen molar-refractivity contribution >= 4 is 11.9 Å². The Balaban J connectivity index is 1.72. The van der Waals surface area contributed by atoms with Crippen LogP contribution in [-0.4, -0.2) is 30.4 Å². The fraction of sp³-hybridized carbons (Fsp3) is 0.200. The van der Waals surface area contributed by atoms with Gasteiger partial charge in [-0.25, -0.2) is 4.79 Å². The maximum atomic E-state index is 13.4. The van der Waals surface area contributed by atoms with Crippen LogP contribution in [0.15, 0.2) is 72.8 Å². The van der Waals surface area contributed by atoms with Crippen LogP contribution in [0.5, 0.6) is 0 Å². The van der Waals surface area contributed by atoms with Gasteiger partial charge in [-0.05, 0) is 54.3 Å². The van der Waals surface area contributed by atoms with Gasteiger partial charge in [0.15, 0.2) is 0 Å². The topological polar surface area (TPSA) is 46.6 Å². The number of methoxy groups -OCH3 is 1. The molecule has 3 aromatic carbocycles. The average Bonchev–Trinajstić information content (AvgIpc) is 2.78. The summed E-state index contributed by atoms with van der Waals surface area (Å²) in [5, 5.41) is 0. The van der Waals surface area contributed by atoms with Crippen molar-refractivity contribution in [1.29, 1.82) is 0 Å². The largest absolute Gasteiger partial charge is 0.465 e. The molecule has 146 valence electrons. The number of aryl methyl sites for hydroxylation is 1. The highest BCUT2D eigenvalue weighted by Crippen LogP contribution is 2.36. The van der Waals surface area contributed by atoms with E-state index in [0.29, 0.717) is 17.7 Å². The van der Waals surface area contributed by atoms with E-state index >= 15 is 0 Å². The molecule has 1 atom stereocenters. The van der Waals surface area contributed by atoms with E-state index in [9.17, 15) is 9.59 Å². The van der Waals surface area contributed by atoms with E-state index in [4.69, 9.17) is 4.74 Å². The first-order chi connectivity index (χ1) is 14.1. The average molecular weight is 385 g/mol. The number of carbonyl (C=O) groups is 2. The van der Waals surface area contributed by atoms with E-state index in [1.807, 2.05) is 17.0 Å². The SMILES string of the molecule is COC(=O)c1ccc(C(=O)N2CCc3ccccc3C2c2ccc(C)cc2)cc1. The molecular formula is C25H23NO3. The van der Waals surface area contributed by atoms with E-state index in [1.165, 1.54) is 23.8 Å². The van der Waals surface area contributed by atoms with Gasteiger partial charge in [0.2, 0.25) is 0 Å². The molecule has 1 amide bonds. The molecule has 0 bridgehead atoms. The number of carbonyl (C=O) groups excluding carboxylic acids is 2. The van der Waals surface area contributed by atoms with Gasteiger partial charge in [0, 0.05) is 12.1 Å². The van der Waals surface area contributed by atoms with Gasteiger partial charge in [0.05, 0.1) is 18.7 Å². The highest BCUT2D eigenvalue weighted by molar-refractivity contribution is 5.96. The van der Waals surface area contributed by atoms with Crippen molar-refractivity contribution in [1.82, 2.24) is 4.90 Å². The fourth-order valence-electron chi connectivity index (χ4n) is 3.93. The minimum absolute atomic E-state index is 0.0403. The van der Waals surface area contributed by atoms with Gasteiger partial charge in [0.25, 0.3) is 5.91 Å². The maximum absolute atomic E-state index is 13.4. The minimum atomic E-state index is -0.409. The van der Waals surface area contributed by atoms with Gasteiger partial charge in [-0.2, -0.15) is 0 Å². The molecule has 0 aromatic heterocycles. The Morgan fingerprint density at radius 2 is 1.55 bits per heavy atom. The summed E-state index contributed by atoms with van der Waals surface area (Å²) in [6, 6.07) is 23.2. The number of hydrogen-bond donors (Lipinski definition) is 0. The minimum Gasteiger partial charge on any atom is -0.465 e. The number of amides is 1. The lowest BCUT2D eigenvalue weighted by Crippen LogP contribution is -2.40. The number of nitrogens with zero attached hydrogens (tertiary/aromatic N) is 1. The van der Waals surface area contributed by atoms with E-state index in [-0.39, 0.29) is 11.9 Å². The summed E-state index contributed by atoms with van der Waals surface area (Å²) in [4.78, 5) is 27.0. The molecule has 0 radical (unpaired) electrons. The molecule has 0 spiro atoms. The molecule has 4 rings (SSSR count). The van der Waals surface area contributed by atoms with Gasteiger partial charge < -0.3 is 9.64 Å². The zero-order valence-corrected chi connectivity index (χ0v) is 16.6. The zero-order chi connectivity index (χ0) is 20.4. The molecular weight excluding hydrogens is 362 g/mol. The van der Waals surface area contributed by atoms with Crippen LogP contribution in [0.1, 0.15) is 49.0 Å². The summed E-state index contributed by atoms with van der Waals surface area (Å²) in [6.45, 7) is 2.71. The number of benzene rings is 3. The smallest absolute Gasteiger partial charge is 0.337 e. The van der Waals surface area contributed by atoms with Gasteiger partial charge in [-0.1, -0.05) is 54.1 Å². The standard InChI is InChI=1S/C25H23NO3/c1-17-7-9-19(10-8-17)23-22-6-4-3-5-18(22)15-16-26(23)24(27)20-11-13-21(14-12-20)25(28)29-2/h3-14,23H,15-16H2,1-2H3. The third-order valence-electron chi connectivity index (χ3n) is 5.49. The first kappa shape index (κ1) is 18.9. The lowest BCUT2D eigenvalue weighted by atomic mass is 9.87. The van der Waals surface area contributed by atoms with Crippen LogP contribution in [-0.2, 0) is 11.2 Å². The first-order valence-corrected chi connectivity index (χ1v) is 9.72. The van der Waals surface area contributed by atoms with E-state index in [0.717, 1.165) is 12.0 Å². The summed E-state index contributed by atoms with van der Waals surface area (Å²) < 4.78 is 4.74. The van der Waals surface area contributed by atoms with Gasteiger partial charge in [-0.3, -0.25) is 4.79 Å². The molecule has 1 unspecified atom stereocenters. The van der Waals surface area contributed by atoms with Crippen LogP contribution < -0.4 is 0 Å². The Labute approximate surface area is 170 Å². The molecule has 1 heterocycles. The quantitative estimate of drug-likeness (QED) is 0.621. The lowest BCUT2D eigenvalue weighted by Gasteiger charge is -2.38. The van der Waals surface area contributed by atoms with Crippen LogP contribution in [0.2, 0.25) is 0 Å². The molecule has 0 N–H and O–H groups in total. The highest BCUT2D eigenvalue weighted by Gasteiger charge is 2.32. The number of esters is 1. The highest BCUT2D eigenvalue weighted by atomic mass is 16.5. The lowest BCUT2D eigenvalue weighted by molar-refractivity contribution is 0.0599. The number of hydrogen-bond acceptors (Lipinski definition) is 3. The van der Waals surface area contributed by atoms with Crippen molar-refractivity contribution in [2.24, 2.45) is 0 Å². The van der Waals surface area contributed by atoms with Crippen molar-refractivity contribution < 1.29 is 14.3 Å². The second kappa shape index (κ2) is 7.92. The summed E-state index contributed by atoms with van der Waals surface area (Å²) in [5.74, 6) is -0.449. The van der Waals surface area contributed by atoms with Crippen molar-refractivity contribution in [2.75, 3.05) is 13.7 Å². The molecule has 0 saturated carbocycles. The predicted molar refractivity (Wildman–Crippen MR) is 112 cm³/mol. The second-order valence-electron chi connectivity index (χ2n) is 7.33. The number of fused-ring (bicyclic) bond motifs is 1. The summed E-state index contributed by atoms with van der Waals surface area (Å²) in [5.41, 5.74) is 5.74. The molecule has 29 heavy (non-hydrogen) atoms.